The highest BCUT2D eigenvalue weighted by molar-refractivity contribution is 7.21. The van der Waals surface area contributed by atoms with Crippen molar-refractivity contribution >= 4 is 27.5 Å². The lowest BCUT2D eigenvalue weighted by Crippen LogP contribution is -2.34. The van der Waals surface area contributed by atoms with Crippen LogP contribution in [0.1, 0.15) is 12.7 Å². The second-order valence-corrected chi connectivity index (χ2v) is 7.25. The Morgan fingerprint density at radius 3 is 2.79 bits per heavy atom. The molecule has 0 aliphatic rings. The minimum atomic E-state index is -0.315. The number of nitrogens with one attached hydrogen (secondary N) is 1. The number of ether oxygens (including phenoxy) is 2. The Bertz CT molecular complexity index is 984. The molecule has 0 aliphatic heterocycles. The van der Waals surface area contributed by atoms with Gasteiger partial charge in [0.15, 0.2) is 0 Å². The van der Waals surface area contributed by atoms with Crippen molar-refractivity contribution < 1.29 is 14.3 Å². The van der Waals surface area contributed by atoms with Gasteiger partial charge < -0.3 is 14.5 Å². The van der Waals surface area contributed by atoms with E-state index in [1.54, 1.807) is 14.0 Å². The van der Waals surface area contributed by atoms with Crippen LogP contribution in [-0.2, 0) is 20.8 Å². The first kappa shape index (κ1) is 20.2. The van der Waals surface area contributed by atoms with Crippen molar-refractivity contribution in [1.82, 2.24) is 14.9 Å². The molecule has 7 nitrogen and oxygen atoms in total. The molecule has 0 aliphatic carbocycles. The number of carbonyl (C=O) groups excluding carboxylic acids is 1. The summed E-state index contributed by atoms with van der Waals surface area (Å²) in [6, 6.07) is 11.8. The van der Waals surface area contributed by atoms with Gasteiger partial charge in [0.05, 0.1) is 31.7 Å². The quantitative estimate of drug-likeness (QED) is 0.555. The number of nitrogens with zero attached hydrogens (tertiary/aromatic N) is 2. The van der Waals surface area contributed by atoms with E-state index in [9.17, 15) is 9.59 Å². The molecule has 0 amide bonds. The highest BCUT2D eigenvalue weighted by Crippen LogP contribution is 2.30. The molecule has 2 aromatic heterocycles. The molecule has 28 heavy (non-hydrogen) atoms. The molecule has 2 heterocycles. The van der Waals surface area contributed by atoms with Crippen LogP contribution in [-0.4, -0.2) is 54.3 Å². The van der Waals surface area contributed by atoms with Crippen LogP contribution < -0.4 is 5.56 Å². The number of hydrogen-bond donors (Lipinski definition) is 1. The summed E-state index contributed by atoms with van der Waals surface area (Å²) in [5, 5.41) is 0.571. The average Bonchev–Trinajstić information content (AvgIpc) is 3.12. The molecule has 0 atom stereocenters. The maximum atomic E-state index is 12.5. The molecule has 0 radical (unpaired) electrons. The van der Waals surface area contributed by atoms with Gasteiger partial charge in [0.2, 0.25) is 0 Å². The van der Waals surface area contributed by atoms with Crippen LogP contribution in [0.4, 0.5) is 0 Å². The smallest absolute Gasteiger partial charge is 0.320 e. The zero-order chi connectivity index (χ0) is 19.9. The van der Waals surface area contributed by atoms with Crippen LogP contribution in [0.15, 0.2) is 41.2 Å². The number of hydrogen-bond acceptors (Lipinski definition) is 7. The number of thiophene rings is 1. The van der Waals surface area contributed by atoms with Crippen LogP contribution in [0.5, 0.6) is 0 Å². The van der Waals surface area contributed by atoms with Crippen molar-refractivity contribution in [3.8, 4) is 10.4 Å². The van der Waals surface area contributed by atoms with Crippen molar-refractivity contribution in [3.63, 3.8) is 0 Å². The van der Waals surface area contributed by atoms with Crippen molar-refractivity contribution in [2.24, 2.45) is 0 Å². The number of aromatic nitrogens is 2. The predicted molar refractivity (Wildman–Crippen MR) is 109 cm³/mol. The van der Waals surface area contributed by atoms with Crippen LogP contribution in [0.2, 0.25) is 0 Å². The van der Waals surface area contributed by atoms with Gasteiger partial charge in [-0.05, 0) is 18.6 Å². The first-order valence-electron chi connectivity index (χ1n) is 9.05. The summed E-state index contributed by atoms with van der Waals surface area (Å²) in [7, 11) is 1.60. The van der Waals surface area contributed by atoms with Gasteiger partial charge in [0.1, 0.15) is 10.7 Å². The Kier molecular flexibility index (Phi) is 6.91. The molecule has 1 aromatic carbocycles. The van der Waals surface area contributed by atoms with Crippen molar-refractivity contribution in [2.45, 2.75) is 13.5 Å². The van der Waals surface area contributed by atoms with Gasteiger partial charge >= 0.3 is 5.97 Å². The van der Waals surface area contributed by atoms with Gasteiger partial charge in [-0.2, -0.15) is 0 Å². The van der Waals surface area contributed by atoms with Crippen LogP contribution >= 0.6 is 11.3 Å². The number of benzene rings is 1. The lowest BCUT2D eigenvalue weighted by Gasteiger charge is -2.20. The number of carbonyl (C=O) groups is 1. The van der Waals surface area contributed by atoms with E-state index < -0.39 is 0 Å². The molecule has 0 spiro atoms. The molecule has 0 saturated heterocycles. The zero-order valence-electron chi connectivity index (χ0n) is 15.9. The first-order chi connectivity index (χ1) is 13.6. The molecule has 1 N–H and O–H groups in total. The molecule has 0 saturated carbocycles. The van der Waals surface area contributed by atoms with Crippen LogP contribution in [0, 0.1) is 0 Å². The fraction of sp³-hybridized carbons (Fsp3) is 0.350. The van der Waals surface area contributed by atoms with Gasteiger partial charge in [0.25, 0.3) is 5.56 Å². The summed E-state index contributed by atoms with van der Waals surface area (Å²) in [5.41, 5.74) is 0.872. The van der Waals surface area contributed by atoms with E-state index in [0.29, 0.717) is 42.3 Å². The summed E-state index contributed by atoms with van der Waals surface area (Å²) in [4.78, 5) is 35.4. The molecule has 0 unspecified atom stereocenters. The molecule has 3 aromatic rings. The van der Waals surface area contributed by atoms with E-state index in [-0.39, 0.29) is 18.1 Å². The van der Waals surface area contributed by atoms with Gasteiger partial charge in [0, 0.05) is 18.5 Å². The molecule has 8 heteroatoms. The van der Waals surface area contributed by atoms with E-state index in [1.165, 1.54) is 11.3 Å². The lowest BCUT2D eigenvalue weighted by molar-refractivity contribution is -0.144. The minimum absolute atomic E-state index is 0.110. The molecule has 0 fully saturated rings. The largest absolute Gasteiger partial charge is 0.465 e. The Balaban J connectivity index is 1.85. The molecule has 3 rings (SSSR count). The number of rotatable bonds is 9. The fourth-order valence-corrected chi connectivity index (χ4v) is 3.89. The average molecular weight is 401 g/mol. The first-order valence-corrected chi connectivity index (χ1v) is 9.87. The van der Waals surface area contributed by atoms with Crippen molar-refractivity contribution in [1.29, 1.82) is 0 Å². The van der Waals surface area contributed by atoms with Crippen molar-refractivity contribution in [3.05, 3.63) is 52.6 Å². The maximum Gasteiger partial charge on any atom is 0.320 e. The third-order valence-corrected chi connectivity index (χ3v) is 5.23. The number of methoxy groups -OCH3 is 1. The topological polar surface area (TPSA) is 84.5 Å². The SMILES string of the molecule is CCOC(=O)CN(CCOC)Cc1nc2sc(-c3ccccc3)cc2c(=O)[nH]1. The third kappa shape index (κ3) is 5.03. The van der Waals surface area contributed by atoms with E-state index in [2.05, 4.69) is 9.97 Å². The lowest BCUT2D eigenvalue weighted by atomic mass is 10.2. The second kappa shape index (κ2) is 9.59. The summed E-state index contributed by atoms with van der Waals surface area (Å²) in [6.45, 7) is 3.52. The van der Waals surface area contributed by atoms with Crippen LogP contribution in [0.3, 0.4) is 0 Å². The fourth-order valence-electron chi connectivity index (χ4n) is 2.83. The third-order valence-electron chi connectivity index (χ3n) is 4.15. The predicted octanol–water partition coefficient (Wildman–Crippen LogP) is 2.66. The van der Waals surface area contributed by atoms with E-state index in [0.717, 1.165) is 10.4 Å². The number of fused-ring (bicyclic) bond motifs is 1. The Hall–Kier alpha value is -2.55. The monoisotopic (exact) mass is 401 g/mol. The summed E-state index contributed by atoms with van der Waals surface area (Å²) < 4.78 is 10.1. The zero-order valence-corrected chi connectivity index (χ0v) is 16.8. The molecule has 148 valence electrons. The van der Waals surface area contributed by atoms with Gasteiger partial charge in [-0.1, -0.05) is 30.3 Å². The van der Waals surface area contributed by atoms with E-state index >= 15 is 0 Å². The van der Waals surface area contributed by atoms with E-state index in [1.807, 2.05) is 41.3 Å². The molecular formula is C20H23N3O4S. The summed E-state index contributed by atoms with van der Waals surface area (Å²) in [5.74, 6) is 0.198. The number of aromatic amines is 1. The number of H-pyrrole nitrogens is 1. The number of esters is 1. The van der Waals surface area contributed by atoms with Gasteiger partial charge in [-0.25, -0.2) is 4.98 Å². The summed E-state index contributed by atoms with van der Waals surface area (Å²) in [6.07, 6.45) is 0. The van der Waals surface area contributed by atoms with Gasteiger partial charge in [-0.15, -0.1) is 11.3 Å². The maximum absolute atomic E-state index is 12.5. The summed E-state index contributed by atoms with van der Waals surface area (Å²) >= 11 is 1.48. The van der Waals surface area contributed by atoms with Crippen molar-refractivity contribution in [2.75, 3.05) is 33.4 Å². The minimum Gasteiger partial charge on any atom is -0.465 e. The highest BCUT2D eigenvalue weighted by Gasteiger charge is 2.15. The highest BCUT2D eigenvalue weighted by atomic mass is 32.1. The molecule has 0 bridgehead atoms. The molecular weight excluding hydrogens is 378 g/mol. The Labute approximate surface area is 166 Å². The van der Waals surface area contributed by atoms with E-state index in [4.69, 9.17) is 9.47 Å². The normalized spacial score (nSPS) is 11.2. The van der Waals surface area contributed by atoms with Gasteiger partial charge in [-0.3, -0.25) is 14.5 Å². The second-order valence-electron chi connectivity index (χ2n) is 6.22. The Morgan fingerprint density at radius 2 is 2.07 bits per heavy atom. The standard InChI is InChI=1S/C20H23N3O4S/c1-3-27-18(24)13-23(9-10-26-2)12-17-21-19(25)15-11-16(28-20(15)22-17)14-7-5-4-6-8-14/h4-8,11H,3,9-10,12-13H2,1-2H3,(H,21,22,25). The Morgan fingerprint density at radius 1 is 1.29 bits per heavy atom. The van der Waals surface area contributed by atoms with Crippen LogP contribution in [0.25, 0.3) is 20.7 Å².